The average molecular weight is 412 g/mol. The average Bonchev–Trinajstić information content (AvgIpc) is 3.29. The number of hydrogen-bond donors (Lipinski definition) is 1. The lowest BCUT2D eigenvalue weighted by Gasteiger charge is -2.18. The number of nitrogens with zero attached hydrogens (tertiary/aromatic N) is 5. The van der Waals surface area contributed by atoms with Crippen LogP contribution in [-0.2, 0) is 9.59 Å². The Balaban J connectivity index is 1.51. The van der Waals surface area contributed by atoms with E-state index in [4.69, 9.17) is 0 Å². The first-order chi connectivity index (χ1) is 14.3. The van der Waals surface area contributed by atoms with Gasteiger partial charge in [0.05, 0.1) is 11.6 Å². The lowest BCUT2D eigenvalue weighted by atomic mass is 10.1. The summed E-state index contributed by atoms with van der Waals surface area (Å²) < 4.78 is 29.7. The number of tetrazole rings is 1. The Morgan fingerprint density at radius 2 is 1.90 bits per heavy atom. The molecular formula is C20H18F2N6O2. The minimum Gasteiger partial charge on any atom is -0.326 e. The van der Waals surface area contributed by atoms with Crippen LogP contribution in [0.4, 0.5) is 20.2 Å². The fourth-order valence-electron chi connectivity index (χ4n) is 3.40. The molecule has 1 aromatic heterocycles. The van der Waals surface area contributed by atoms with Gasteiger partial charge in [-0.05, 0) is 60.2 Å². The van der Waals surface area contributed by atoms with E-state index in [-0.39, 0.29) is 30.2 Å². The van der Waals surface area contributed by atoms with Crippen molar-refractivity contribution >= 4 is 23.2 Å². The highest BCUT2D eigenvalue weighted by Gasteiger charge is 2.36. The summed E-state index contributed by atoms with van der Waals surface area (Å²) in [5, 5.41) is 13.6. The van der Waals surface area contributed by atoms with Crippen molar-refractivity contribution in [2.75, 3.05) is 16.8 Å². The number of amides is 2. The normalized spacial score (nSPS) is 16.2. The Hall–Kier alpha value is -3.69. The van der Waals surface area contributed by atoms with E-state index < -0.39 is 23.5 Å². The largest absolute Gasteiger partial charge is 0.326 e. The van der Waals surface area contributed by atoms with E-state index in [9.17, 15) is 18.4 Å². The molecule has 10 heteroatoms. The highest BCUT2D eigenvalue weighted by Crippen LogP contribution is 2.29. The number of aryl methyl sites for hydroxylation is 2. The van der Waals surface area contributed by atoms with Gasteiger partial charge >= 0.3 is 0 Å². The number of nitrogens with one attached hydrogen (secondary N) is 1. The van der Waals surface area contributed by atoms with Gasteiger partial charge in [-0.2, -0.15) is 4.68 Å². The molecule has 0 saturated carbocycles. The fraction of sp³-hybridized carbons (Fsp3) is 0.250. The molecule has 1 unspecified atom stereocenters. The molecule has 4 rings (SSSR count). The quantitative estimate of drug-likeness (QED) is 0.711. The lowest BCUT2D eigenvalue weighted by molar-refractivity contribution is -0.122. The highest BCUT2D eigenvalue weighted by atomic mass is 19.1. The Morgan fingerprint density at radius 3 is 2.60 bits per heavy atom. The number of halogens is 2. The van der Waals surface area contributed by atoms with Gasteiger partial charge in [0.15, 0.2) is 5.82 Å². The molecule has 0 radical (unpaired) electrons. The SMILES string of the molecule is Cc1ccc(N2CC(C(=O)Nc3ccc(F)c(-n4nnnc4C)c3)CC2=O)c(F)c1. The molecule has 1 N–H and O–H groups in total. The van der Waals surface area contributed by atoms with Gasteiger partial charge in [-0.15, -0.1) is 5.10 Å². The van der Waals surface area contributed by atoms with Crippen LogP contribution in [0.5, 0.6) is 0 Å². The van der Waals surface area contributed by atoms with Gasteiger partial charge in [0.2, 0.25) is 11.8 Å². The zero-order valence-corrected chi connectivity index (χ0v) is 16.3. The molecular weight excluding hydrogens is 394 g/mol. The molecule has 30 heavy (non-hydrogen) atoms. The summed E-state index contributed by atoms with van der Waals surface area (Å²) in [4.78, 5) is 26.4. The molecule has 2 aromatic carbocycles. The Morgan fingerprint density at radius 1 is 1.10 bits per heavy atom. The smallest absolute Gasteiger partial charge is 0.229 e. The van der Waals surface area contributed by atoms with E-state index in [1.807, 2.05) is 0 Å². The summed E-state index contributed by atoms with van der Waals surface area (Å²) >= 11 is 0. The van der Waals surface area contributed by atoms with Crippen LogP contribution < -0.4 is 10.2 Å². The second-order valence-corrected chi connectivity index (χ2v) is 7.15. The number of hydrogen-bond acceptors (Lipinski definition) is 5. The number of carbonyl (C=O) groups excluding carboxylic acids is 2. The number of rotatable bonds is 4. The topological polar surface area (TPSA) is 93.0 Å². The summed E-state index contributed by atoms with van der Waals surface area (Å²) in [5.74, 6) is -2.09. The summed E-state index contributed by atoms with van der Waals surface area (Å²) in [5.41, 5.74) is 1.31. The number of benzene rings is 2. The van der Waals surface area contributed by atoms with Gasteiger partial charge < -0.3 is 10.2 Å². The van der Waals surface area contributed by atoms with Crippen LogP contribution in [0.15, 0.2) is 36.4 Å². The summed E-state index contributed by atoms with van der Waals surface area (Å²) in [6.45, 7) is 3.43. The van der Waals surface area contributed by atoms with E-state index >= 15 is 0 Å². The predicted octanol–water partition coefficient (Wildman–Crippen LogP) is 2.55. The lowest BCUT2D eigenvalue weighted by Crippen LogP contribution is -2.28. The standard InChI is InChI=1S/C20H18F2N6O2/c1-11-3-6-17(16(22)7-11)27-10-13(8-19(27)29)20(30)23-14-4-5-15(21)18(9-14)28-12(2)24-25-26-28/h3-7,9,13H,8,10H2,1-2H3,(H,23,30). The van der Waals surface area contributed by atoms with E-state index in [2.05, 4.69) is 20.8 Å². The first-order valence-corrected chi connectivity index (χ1v) is 9.26. The molecule has 1 saturated heterocycles. The third-order valence-corrected chi connectivity index (χ3v) is 4.96. The second-order valence-electron chi connectivity index (χ2n) is 7.15. The molecule has 2 heterocycles. The van der Waals surface area contributed by atoms with Gasteiger partial charge in [0.1, 0.15) is 17.3 Å². The van der Waals surface area contributed by atoms with Crippen LogP contribution in [0.3, 0.4) is 0 Å². The third kappa shape index (κ3) is 3.63. The molecule has 1 fully saturated rings. The first-order valence-electron chi connectivity index (χ1n) is 9.26. The summed E-state index contributed by atoms with van der Waals surface area (Å²) in [7, 11) is 0. The molecule has 3 aromatic rings. The van der Waals surface area contributed by atoms with Crippen LogP contribution in [0, 0.1) is 31.4 Å². The van der Waals surface area contributed by atoms with Crippen LogP contribution in [0.25, 0.3) is 5.69 Å². The second kappa shape index (κ2) is 7.62. The van der Waals surface area contributed by atoms with Crippen LogP contribution in [0.1, 0.15) is 17.8 Å². The van der Waals surface area contributed by atoms with Crippen molar-refractivity contribution in [1.29, 1.82) is 0 Å². The van der Waals surface area contributed by atoms with Crippen molar-refractivity contribution < 1.29 is 18.4 Å². The van der Waals surface area contributed by atoms with E-state index in [1.165, 1.54) is 39.9 Å². The van der Waals surface area contributed by atoms with E-state index in [0.717, 1.165) is 5.56 Å². The van der Waals surface area contributed by atoms with Crippen molar-refractivity contribution in [2.45, 2.75) is 20.3 Å². The number of carbonyl (C=O) groups is 2. The highest BCUT2D eigenvalue weighted by molar-refractivity contribution is 6.03. The Labute approximate surface area is 170 Å². The van der Waals surface area contributed by atoms with E-state index in [0.29, 0.717) is 11.5 Å². The van der Waals surface area contributed by atoms with Crippen molar-refractivity contribution in [1.82, 2.24) is 20.2 Å². The van der Waals surface area contributed by atoms with Gasteiger partial charge in [0.25, 0.3) is 0 Å². The Kier molecular flexibility index (Phi) is 4.98. The van der Waals surface area contributed by atoms with Crippen molar-refractivity contribution in [3.63, 3.8) is 0 Å². The molecule has 0 spiro atoms. The van der Waals surface area contributed by atoms with Crippen molar-refractivity contribution in [3.05, 3.63) is 59.4 Å². The molecule has 1 atom stereocenters. The summed E-state index contributed by atoms with van der Waals surface area (Å²) in [6, 6.07) is 8.59. The molecule has 0 aliphatic carbocycles. The Bertz CT molecular complexity index is 1150. The molecule has 1 aliphatic heterocycles. The number of aromatic nitrogens is 4. The minimum atomic E-state index is -0.665. The maximum Gasteiger partial charge on any atom is 0.229 e. The third-order valence-electron chi connectivity index (χ3n) is 4.96. The monoisotopic (exact) mass is 412 g/mol. The van der Waals surface area contributed by atoms with Gasteiger partial charge in [-0.1, -0.05) is 6.07 Å². The van der Waals surface area contributed by atoms with E-state index in [1.54, 1.807) is 19.9 Å². The summed E-state index contributed by atoms with van der Waals surface area (Å²) in [6.07, 6.45) is -0.0424. The van der Waals surface area contributed by atoms with Crippen LogP contribution in [0.2, 0.25) is 0 Å². The van der Waals surface area contributed by atoms with Crippen LogP contribution in [-0.4, -0.2) is 38.6 Å². The number of anilines is 2. The van der Waals surface area contributed by atoms with Crippen molar-refractivity contribution in [2.24, 2.45) is 5.92 Å². The van der Waals surface area contributed by atoms with Gasteiger partial charge in [-0.25, -0.2) is 8.78 Å². The maximum atomic E-state index is 14.3. The molecule has 0 bridgehead atoms. The molecule has 8 nitrogen and oxygen atoms in total. The van der Waals surface area contributed by atoms with Gasteiger partial charge in [-0.3, -0.25) is 9.59 Å². The zero-order valence-electron chi connectivity index (χ0n) is 16.3. The first kappa shape index (κ1) is 19.6. The fourth-order valence-corrected chi connectivity index (χ4v) is 3.40. The predicted molar refractivity (Wildman–Crippen MR) is 104 cm³/mol. The minimum absolute atomic E-state index is 0.0424. The molecule has 154 valence electrons. The molecule has 2 amide bonds. The maximum absolute atomic E-state index is 14.3. The zero-order chi connectivity index (χ0) is 21.4. The van der Waals surface area contributed by atoms with Crippen LogP contribution >= 0.6 is 0 Å². The molecule has 1 aliphatic rings. The van der Waals surface area contributed by atoms with Crippen molar-refractivity contribution in [3.8, 4) is 5.69 Å². The van der Waals surface area contributed by atoms with Gasteiger partial charge in [0, 0.05) is 18.7 Å².